The van der Waals surface area contributed by atoms with E-state index < -0.39 is 35.1 Å². The molecule has 1 aromatic heterocycles. The fourth-order valence-corrected chi connectivity index (χ4v) is 3.69. The van der Waals surface area contributed by atoms with Crippen LogP contribution in [0, 0.1) is 0 Å². The van der Waals surface area contributed by atoms with Crippen LogP contribution in [0.2, 0.25) is 0 Å². The quantitative estimate of drug-likeness (QED) is 0.364. The maximum atomic E-state index is 13.1. The highest BCUT2D eigenvalue weighted by Gasteiger charge is 2.71. The smallest absolute Gasteiger partial charge is 0.369 e. The lowest BCUT2D eigenvalue weighted by Gasteiger charge is -2.32. The SMILES string of the molecule is C=CC(=O)N1CCC(N(C)c2nnc(C(N)=O)c(Nc3ccc(C(O)(C(F)(F)F)C(F)(F)F)cc3)n2)C1. The summed E-state index contributed by atoms with van der Waals surface area (Å²) in [5.74, 6) is -1.57. The second kappa shape index (κ2) is 9.84. The van der Waals surface area contributed by atoms with E-state index in [1.165, 1.54) is 6.08 Å². The molecule has 200 valence electrons. The van der Waals surface area contributed by atoms with Crippen LogP contribution in [0.15, 0.2) is 36.9 Å². The maximum absolute atomic E-state index is 13.1. The van der Waals surface area contributed by atoms with E-state index in [2.05, 4.69) is 27.1 Å². The Morgan fingerprint density at radius 1 is 1.16 bits per heavy atom. The number of carbonyl (C=O) groups is 2. The Labute approximate surface area is 205 Å². The number of amides is 2. The van der Waals surface area contributed by atoms with Gasteiger partial charge in [-0.25, -0.2) is 0 Å². The van der Waals surface area contributed by atoms with E-state index >= 15 is 0 Å². The van der Waals surface area contributed by atoms with Crippen molar-refractivity contribution < 1.29 is 41.0 Å². The number of alkyl halides is 6. The van der Waals surface area contributed by atoms with Crippen LogP contribution in [0.5, 0.6) is 0 Å². The number of likely N-dealkylation sites (N-methyl/N-ethyl adjacent to an activating group) is 1. The molecule has 1 aromatic carbocycles. The minimum atomic E-state index is -6.04. The molecule has 10 nitrogen and oxygen atoms in total. The van der Waals surface area contributed by atoms with Gasteiger partial charge in [0, 0.05) is 31.4 Å². The third-order valence-electron chi connectivity index (χ3n) is 5.81. The average Bonchev–Trinajstić information content (AvgIpc) is 3.31. The Balaban J connectivity index is 1.89. The van der Waals surface area contributed by atoms with Gasteiger partial charge in [0.1, 0.15) is 0 Å². The van der Waals surface area contributed by atoms with Gasteiger partial charge in [-0.3, -0.25) is 9.59 Å². The molecule has 0 radical (unpaired) electrons. The summed E-state index contributed by atoms with van der Waals surface area (Å²) in [4.78, 5) is 31.0. The number of halogens is 6. The highest BCUT2D eigenvalue weighted by atomic mass is 19.4. The molecule has 1 unspecified atom stereocenters. The second-order valence-corrected chi connectivity index (χ2v) is 8.12. The molecule has 0 spiro atoms. The fourth-order valence-electron chi connectivity index (χ4n) is 3.69. The van der Waals surface area contributed by atoms with Crippen molar-refractivity contribution in [2.75, 3.05) is 30.4 Å². The number of hydrogen-bond acceptors (Lipinski definition) is 8. The van der Waals surface area contributed by atoms with Crippen LogP contribution < -0.4 is 16.0 Å². The molecule has 2 amide bonds. The number of aliphatic hydroxyl groups is 1. The van der Waals surface area contributed by atoms with Gasteiger partial charge in [0.2, 0.25) is 11.9 Å². The normalized spacial score (nSPS) is 16.4. The minimum absolute atomic E-state index is 0.00513. The highest BCUT2D eigenvalue weighted by molar-refractivity contribution is 5.96. The summed E-state index contributed by atoms with van der Waals surface area (Å²) >= 11 is 0. The van der Waals surface area contributed by atoms with Crippen molar-refractivity contribution in [3.05, 3.63) is 48.2 Å². The molecule has 0 saturated carbocycles. The van der Waals surface area contributed by atoms with E-state index in [1.807, 2.05) is 0 Å². The number of anilines is 3. The van der Waals surface area contributed by atoms with Gasteiger partial charge in [-0.2, -0.15) is 31.3 Å². The van der Waals surface area contributed by atoms with Gasteiger partial charge in [0.15, 0.2) is 11.5 Å². The molecular formula is C21H21F6N7O3. The lowest BCUT2D eigenvalue weighted by atomic mass is 9.92. The Hall–Kier alpha value is -3.95. The van der Waals surface area contributed by atoms with E-state index in [1.54, 1.807) is 16.8 Å². The number of nitrogens with zero attached hydrogens (tertiary/aromatic N) is 5. The predicted molar refractivity (Wildman–Crippen MR) is 118 cm³/mol. The van der Waals surface area contributed by atoms with Crippen molar-refractivity contribution in [2.24, 2.45) is 5.73 Å². The first-order valence-electron chi connectivity index (χ1n) is 10.5. The summed E-state index contributed by atoms with van der Waals surface area (Å²) in [6.07, 6.45) is -10.3. The van der Waals surface area contributed by atoms with Crippen LogP contribution in [-0.4, -0.2) is 75.5 Å². The summed E-state index contributed by atoms with van der Waals surface area (Å²) in [5, 5.41) is 19.7. The van der Waals surface area contributed by atoms with E-state index in [-0.39, 0.29) is 29.4 Å². The zero-order chi connectivity index (χ0) is 27.8. The number of nitrogens with two attached hydrogens (primary N) is 1. The second-order valence-electron chi connectivity index (χ2n) is 8.12. The number of rotatable bonds is 7. The number of aromatic nitrogens is 3. The molecule has 1 aliphatic rings. The van der Waals surface area contributed by atoms with E-state index in [0.717, 1.165) is 12.1 Å². The molecule has 1 saturated heterocycles. The first-order valence-corrected chi connectivity index (χ1v) is 10.5. The summed E-state index contributed by atoms with van der Waals surface area (Å²) in [7, 11) is 1.61. The zero-order valence-electron chi connectivity index (χ0n) is 19.1. The molecule has 37 heavy (non-hydrogen) atoms. The first kappa shape index (κ1) is 27.6. The summed E-state index contributed by atoms with van der Waals surface area (Å²) in [6, 6.07) is 2.28. The van der Waals surface area contributed by atoms with Crippen LogP contribution in [-0.2, 0) is 10.4 Å². The lowest BCUT2D eigenvalue weighted by molar-refractivity contribution is -0.376. The predicted octanol–water partition coefficient (Wildman–Crippen LogP) is 2.25. The molecule has 2 heterocycles. The standard InChI is InChI=1S/C21H21F6N7O3/c1-3-14(35)34-9-8-13(10-34)33(2)18-30-17(15(16(28)36)31-32-18)29-12-6-4-11(5-7-12)19(37,20(22,23)24)21(25,26)27/h3-7,13,37H,1,8-10H2,2H3,(H2,28,36)(H,29,30,32). The third kappa shape index (κ3) is 5.28. The van der Waals surface area contributed by atoms with Crippen LogP contribution in [0.3, 0.4) is 0 Å². The summed E-state index contributed by atoms with van der Waals surface area (Å²) in [6.45, 7) is 4.21. The van der Waals surface area contributed by atoms with Gasteiger partial charge in [0.25, 0.3) is 11.5 Å². The average molecular weight is 533 g/mol. The molecule has 16 heteroatoms. The van der Waals surface area contributed by atoms with E-state index in [9.17, 15) is 41.0 Å². The molecular weight excluding hydrogens is 512 g/mol. The molecule has 4 N–H and O–H groups in total. The van der Waals surface area contributed by atoms with Gasteiger partial charge >= 0.3 is 12.4 Å². The number of benzene rings is 1. The lowest BCUT2D eigenvalue weighted by Crippen LogP contribution is -2.53. The molecule has 1 aliphatic heterocycles. The fraction of sp³-hybridized carbons (Fsp3) is 0.381. The largest absolute Gasteiger partial charge is 0.430 e. The van der Waals surface area contributed by atoms with Crippen LogP contribution in [0.4, 0.5) is 43.8 Å². The zero-order valence-corrected chi connectivity index (χ0v) is 19.1. The highest BCUT2D eigenvalue weighted by Crippen LogP contribution is 2.50. The Morgan fingerprint density at radius 2 is 1.76 bits per heavy atom. The van der Waals surface area contributed by atoms with E-state index in [4.69, 9.17) is 5.73 Å². The number of carbonyl (C=O) groups excluding carboxylic acids is 2. The first-order chi connectivity index (χ1) is 17.1. The number of primary amides is 1. The maximum Gasteiger partial charge on any atom is 0.430 e. The molecule has 2 aromatic rings. The van der Waals surface area contributed by atoms with Gasteiger partial charge in [-0.15, -0.1) is 10.2 Å². The van der Waals surface area contributed by atoms with Crippen molar-refractivity contribution in [1.29, 1.82) is 0 Å². The number of likely N-dealkylation sites (tertiary alicyclic amines) is 1. The van der Waals surface area contributed by atoms with Gasteiger partial charge < -0.3 is 26.0 Å². The van der Waals surface area contributed by atoms with Crippen LogP contribution in [0.1, 0.15) is 22.5 Å². The molecule has 0 bridgehead atoms. The Kier molecular flexibility index (Phi) is 7.35. The molecule has 0 aliphatic carbocycles. The number of nitrogens with one attached hydrogen (secondary N) is 1. The summed E-state index contributed by atoms with van der Waals surface area (Å²) < 4.78 is 78.7. The molecule has 1 fully saturated rings. The van der Waals surface area contributed by atoms with Crippen LogP contribution in [0.25, 0.3) is 0 Å². The third-order valence-corrected chi connectivity index (χ3v) is 5.81. The number of hydrogen-bond donors (Lipinski definition) is 3. The van der Waals surface area contributed by atoms with Gasteiger partial charge in [-0.1, -0.05) is 18.7 Å². The summed E-state index contributed by atoms with van der Waals surface area (Å²) in [5.41, 5.74) is -1.80. The topological polar surface area (TPSA) is 138 Å². The van der Waals surface area contributed by atoms with Crippen molar-refractivity contribution >= 4 is 29.3 Å². The van der Waals surface area contributed by atoms with E-state index in [0.29, 0.717) is 31.6 Å². The Morgan fingerprint density at radius 3 is 2.27 bits per heavy atom. The van der Waals surface area contributed by atoms with Crippen LogP contribution >= 0.6 is 0 Å². The van der Waals surface area contributed by atoms with Gasteiger partial charge in [-0.05, 0) is 24.6 Å². The minimum Gasteiger partial charge on any atom is -0.369 e. The monoisotopic (exact) mass is 533 g/mol. The Bertz CT molecular complexity index is 1170. The van der Waals surface area contributed by atoms with Crippen molar-refractivity contribution in [1.82, 2.24) is 20.1 Å². The molecule has 3 rings (SSSR count). The van der Waals surface area contributed by atoms with Crippen molar-refractivity contribution in [3.63, 3.8) is 0 Å². The van der Waals surface area contributed by atoms with Gasteiger partial charge in [0.05, 0.1) is 6.04 Å². The van der Waals surface area contributed by atoms with Crippen molar-refractivity contribution in [3.8, 4) is 0 Å². The molecule has 1 atom stereocenters. The van der Waals surface area contributed by atoms with Crippen molar-refractivity contribution in [2.45, 2.75) is 30.4 Å².